The molecular formula is C32H30F2I2N6O4. The van der Waals surface area contributed by atoms with Crippen LogP contribution in [-0.2, 0) is 9.47 Å². The van der Waals surface area contributed by atoms with Crippen LogP contribution in [0, 0.1) is 18.8 Å². The molecule has 2 aromatic heterocycles. The van der Waals surface area contributed by atoms with Crippen LogP contribution in [0.25, 0.3) is 0 Å². The molecule has 0 aliphatic carbocycles. The Morgan fingerprint density at radius 3 is 1.39 bits per heavy atom. The van der Waals surface area contributed by atoms with Crippen molar-refractivity contribution in [1.82, 2.24) is 19.8 Å². The van der Waals surface area contributed by atoms with Crippen LogP contribution >= 0.6 is 45.2 Å². The van der Waals surface area contributed by atoms with Crippen molar-refractivity contribution in [3.63, 3.8) is 0 Å². The molecular weight excluding hydrogens is 824 g/mol. The number of hydrogen-bond donors (Lipinski definition) is 2. The highest BCUT2D eigenvalue weighted by molar-refractivity contribution is 14.1. The molecule has 2 aromatic carbocycles. The number of halogens is 4. The summed E-state index contributed by atoms with van der Waals surface area (Å²) in [6.45, 7) is 4.35. The van der Waals surface area contributed by atoms with Crippen LogP contribution in [-0.4, -0.2) is 84.2 Å². The quantitative estimate of drug-likeness (QED) is 0.225. The summed E-state index contributed by atoms with van der Waals surface area (Å²) < 4.78 is 40.2. The number of morpholine rings is 2. The Balaban J connectivity index is 0.000000181. The van der Waals surface area contributed by atoms with Crippen molar-refractivity contribution in [2.45, 2.75) is 0 Å². The Bertz CT molecular complexity index is 1560. The summed E-state index contributed by atoms with van der Waals surface area (Å²) in [7, 11) is 0. The van der Waals surface area contributed by atoms with Gasteiger partial charge in [-0.1, -0.05) is 0 Å². The van der Waals surface area contributed by atoms with Gasteiger partial charge in [-0.2, -0.15) is 0 Å². The number of pyridine rings is 2. The molecule has 0 spiro atoms. The summed E-state index contributed by atoms with van der Waals surface area (Å²) in [6.07, 6.45) is 6.18. The zero-order chi connectivity index (χ0) is 32.5. The topological polar surface area (TPSA) is 109 Å². The van der Waals surface area contributed by atoms with Gasteiger partial charge in [-0.15, -0.1) is 0 Å². The molecule has 14 heteroatoms. The number of hydrogen-bond acceptors (Lipinski definition) is 8. The Morgan fingerprint density at radius 1 is 0.630 bits per heavy atom. The molecule has 2 aliphatic rings. The minimum atomic E-state index is -0.370. The largest absolute Gasteiger partial charge is 0.378 e. The molecule has 0 radical (unpaired) electrons. The van der Waals surface area contributed by atoms with Gasteiger partial charge in [-0.05, 0) is 93.7 Å². The van der Waals surface area contributed by atoms with Crippen molar-refractivity contribution in [3.8, 4) is 0 Å². The lowest BCUT2D eigenvalue weighted by molar-refractivity contribution is 0.0302. The number of carbonyl (C=O) groups is 2. The van der Waals surface area contributed by atoms with Crippen molar-refractivity contribution in [2.24, 2.45) is 0 Å². The van der Waals surface area contributed by atoms with Crippen LogP contribution in [0.4, 0.5) is 31.5 Å². The number of rotatable bonds is 6. The molecule has 4 aromatic rings. The van der Waals surface area contributed by atoms with Gasteiger partial charge < -0.3 is 29.9 Å². The molecule has 6 rings (SSSR count). The summed E-state index contributed by atoms with van der Waals surface area (Å²) in [5.41, 5.74) is 2.55. The molecule has 2 N–H and O–H groups in total. The monoisotopic (exact) mass is 854 g/mol. The lowest BCUT2D eigenvalue weighted by atomic mass is 10.1. The number of ether oxygens (including phenoxy) is 2. The lowest BCUT2D eigenvalue weighted by Gasteiger charge is -2.27. The van der Waals surface area contributed by atoms with E-state index in [9.17, 15) is 18.4 Å². The summed E-state index contributed by atoms with van der Waals surface area (Å²) in [5, 5.41) is 5.94. The van der Waals surface area contributed by atoms with E-state index in [0.717, 1.165) is 7.14 Å². The molecule has 0 atom stereocenters. The number of nitrogens with one attached hydrogen (secondary N) is 2. The van der Waals surface area contributed by atoms with Crippen LogP contribution in [0.5, 0.6) is 0 Å². The number of benzene rings is 2. The second kappa shape index (κ2) is 16.4. The summed E-state index contributed by atoms with van der Waals surface area (Å²) in [6, 6.07) is 13.0. The molecule has 0 bridgehead atoms. The number of aromatic nitrogens is 2. The molecule has 10 nitrogen and oxygen atoms in total. The first-order valence-corrected chi connectivity index (χ1v) is 16.5. The highest BCUT2D eigenvalue weighted by Gasteiger charge is 2.23. The third-order valence-corrected chi connectivity index (χ3v) is 8.44. The first-order chi connectivity index (χ1) is 22.3. The first kappa shape index (κ1) is 33.9. The maximum absolute atomic E-state index is 14.0. The molecule has 240 valence electrons. The molecule has 2 saturated heterocycles. The zero-order valence-electron chi connectivity index (χ0n) is 24.5. The van der Waals surface area contributed by atoms with Crippen molar-refractivity contribution in [3.05, 3.63) is 103 Å². The third kappa shape index (κ3) is 8.86. The van der Waals surface area contributed by atoms with E-state index in [1.165, 1.54) is 24.5 Å². The minimum absolute atomic E-state index is 0.107. The fraction of sp³-hybridized carbons (Fsp3) is 0.250. The predicted octanol–water partition coefficient (Wildman–Crippen LogP) is 6.08. The van der Waals surface area contributed by atoms with E-state index >= 15 is 0 Å². The van der Waals surface area contributed by atoms with E-state index in [4.69, 9.17) is 9.47 Å². The Morgan fingerprint density at radius 2 is 1.02 bits per heavy atom. The van der Waals surface area contributed by atoms with Crippen LogP contribution in [0.2, 0.25) is 0 Å². The average molecular weight is 854 g/mol. The molecule has 4 heterocycles. The van der Waals surface area contributed by atoms with Gasteiger partial charge in [-0.25, -0.2) is 8.78 Å². The zero-order valence-corrected chi connectivity index (χ0v) is 28.8. The van der Waals surface area contributed by atoms with Gasteiger partial charge in [0.05, 0.1) is 72.7 Å². The average Bonchev–Trinajstić information content (AvgIpc) is 3.08. The highest BCUT2D eigenvalue weighted by atomic mass is 127. The lowest BCUT2D eigenvalue weighted by Crippen LogP contribution is -2.40. The van der Waals surface area contributed by atoms with Crippen molar-refractivity contribution < 1.29 is 27.8 Å². The predicted molar refractivity (Wildman–Crippen MR) is 187 cm³/mol. The molecule has 46 heavy (non-hydrogen) atoms. The minimum Gasteiger partial charge on any atom is -0.378 e. The van der Waals surface area contributed by atoms with Gasteiger partial charge in [0.2, 0.25) is 0 Å². The molecule has 0 unspecified atom stereocenters. The highest BCUT2D eigenvalue weighted by Crippen LogP contribution is 2.26. The second-order valence-corrected chi connectivity index (χ2v) is 12.6. The normalized spacial score (nSPS) is 14.6. The maximum atomic E-state index is 14.0. The number of nitrogens with zero attached hydrogens (tertiary/aromatic N) is 4. The van der Waals surface area contributed by atoms with Crippen LogP contribution < -0.4 is 10.6 Å². The molecule has 2 amide bonds. The van der Waals surface area contributed by atoms with Gasteiger partial charge in [0.1, 0.15) is 11.6 Å². The van der Waals surface area contributed by atoms with Gasteiger partial charge >= 0.3 is 0 Å². The van der Waals surface area contributed by atoms with Crippen LogP contribution in [0.15, 0.2) is 73.3 Å². The van der Waals surface area contributed by atoms with Crippen molar-refractivity contribution in [2.75, 3.05) is 63.2 Å². The van der Waals surface area contributed by atoms with E-state index in [-0.39, 0.29) is 23.4 Å². The Labute approximate surface area is 292 Å². The van der Waals surface area contributed by atoms with Crippen molar-refractivity contribution in [1.29, 1.82) is 0 Å². The van der Waals surface area contributed by atoms with E-state index < -0.39 is 0 Å². The van der Waals surface area contributed by atoms with Crippen LogP contribution in [0.3, 0.4) is 0 Å². The molecule has 2 aliphatic heterocycles. The standard InChI is InChI=1S/2C16H15FIN3O2/c2*17-13-9-11(18)1-2-14(13)20-15-10-19-4-3-12(15)16(22)21-5-7-23-8-6-21/h2*1-4,9-10,20H,5-8H2. The summed E-state index contributed by atoms with van der Waals surface area (Å²) >= 11 is 4.09. The summed E-state index contributed by atoms with van der Waals surface area (Å²) in [4.78, 5) is 36.8. The Hall–Kier alpha value is -3.48. The Kier molecular flexibility index (Phi) is 12.1. The van der Waals surface area contributed by atoms with E-state index in [1.807, 2.05) is 45.2 Å². The third-order valence-electron chi connectivity index (χ3n) is 7.10. The fourth-order valence-corrected chi connectivity index (χ4v) is 5.61. The van der Waals surface area contributed by atoms with E-state index in [0.29, 0.717) is 86.5 Å². The van der Waals surface area contributed by atoms with Crippen LogP contribution in [0.1, 0.15) is 20.7 Å². The smallest absolute Gasteiger partial charge is 0.256 e. The number of anilines is 4. The molecule has 0 saturated carbocycles. The maximum Gasteiger partial charge on any atom is 0.256 e. The van der Waals surface area contributed by atoms with E-state index in [2.05, 4.69) is 20.6 Å². The van der Waals surface area contributed by atoms with E-state index in [1.54, 1.807) is 58.6 Å². The number of amides is 2. The molecule has 2 fully saturated rings. The number of carbonyl (C=O) groups excluding carboxylic acids is 2. The van der Waals surface area contributed by atoms with Gasteiger partial charge in [-0.3, -0.25) is 19.6 Å². The van der Waals surface area contributed by atoms with Gasteiger partial charge in [0.25, 0.3) is 11.8 Å². The SMILES string of the molecule is O=C(c1ccncc1Nc1ccc(I)cc1F)N1CCOCC1.O=C(c1ccncc1Nc1ccc(I)cc1F)N1CCOCC1. The van der Waals surface area contributed by atoms with Gasteiger partial charge in [0, 0.05) is 45.7 Å². The van der Waals surface area contributed by atoms with Gasteiger partial charge in [0.15, 0.2) is 0 Å². The first-order valence-electron chi connectivity index (χ1n) is 14.4. The fourth-order valence-electron chi connectivity index (χ4n) is 4.71. The second-order valence-electron chi connectivity index (χ2n) is 10.2. The summed E-state index contributed by atoms with van der Waals surface area (Å²) in [5.74, 6) is -0.954. The van der Waals surface area contributed by atoms with Crippen molar-refractivity contribution >= 4 is 79.7 Å².